The fourth-order valence-electron chi connectivity index (χ4n) is 0.371. The molecule has 0 aliphatic heterocycles. The maximum atomic E-state index is 4.73. The predicted molar refractivity (Wildman–Crippen MR) is 37.8 cm³/mol. The molecule has 0 N–H and O–H groups in total. The molecular formula is C6H14O6. The Kier molecular flexibility index (Phi) is 10.5. The second-order valence-corrected chi connectivity index (χ2v) is 1.69. The van der Waals surface area contributed by atoms with E-state index in [1.54, 1.807) is 0 Å². The Hall–Kier alpha value is -0.240. The number of rotatable bonds is 9. The summed E-state index contributed by atoms with van der Waals surface area (Å²) in [6.45, 7) is 0.346. The van der Waals surface area contributed by atoms with Crippen LogP contribution in [0.3, 0.4) is 0 Å². The van der Waals surface area contributed by atoms with E-state index in [4.69, 9.17) is 9.47 Å². The summed E-state index contributed by atoms with van der Waals surface area (Å²) >= 11 is 0. The Labute approximate surface area is 71.2 Å². The van der Waals surface area contributed by atoms with Crippen molar-refractivity contribution in [3.05, 3.63) is 0 Å². The molecule has 0 fully saturated rings. The molecule has 0 radical (unpaired) electrons. The first-order valence-electron chi connectivity index (χ1n) is 3.29. The Morgan fingerprint density at radius 2 is 1.08 bits per heavy atom. The summed E-state index contributed by atoms with van der Waals surface area (Å²) in [6, 6.07) is 0. The Morgan fingerprint density at radius 1 is 0.667 bits per heavy atom. The highest BCUT2D eigenvalue weighted by atomic mass is 17.2. The van der Waals surface area contributed by atoms with E-state index in [9.17, 15) is 0 Å². The molecule has 0 bridgehead atoms. The average Bonchev–Trinajstić information content (AvgIpc) is 2.10. The summed E-state index contributed by atoms with van der Waals surface area (Å²) in [5.74, 6) is 0. The number of ether oxygens (including phenoxy) is 4. The van der Waals surface area contributed by atoms with Gasteiger partial charge < -0.3 is 18.9 Å². The summed E-state index contributed by atoms with van der Waals surface area (Å²) in [6.07, 6.45) is 0. The topological polar surface area (TPSA) is 55.4 Å². The van der Waals surface area contributed by atoms with Gasteiger partial charge in [-0.25, -0.2) is 9.78 Å². The molecule has 0 spiro atoms. The Morgan fingerprint density at radius 3 is 1.42 bits per heavy atom. The van der Waals surface area contributed by atoms with Gasteiger partial charge in [0.1, 0.15) is 13.6 Å². The van der Waals surface area contributed by atoms with Gasteiger partial charge in [0.2, 0.25) is 0 Å². The minimum Gasteiger partial charge on any atom is -0.359 e. The first-order chi connectivity index (χ1) is 5.91. The lowest BCUT2D eigenvalue weighted by molar-refractivity contribution is -0.379. The fourth-order valence-corrected chi connectivity index (χ4v) is 0.371. The summed E-state index contributed by atoms with van der Waals surface area (Å²) in [5, 5.41) is 0. The molecule has 0 atom stereocenters. The van der Waals surface area contributed by atoms with Gasteiger partial charge in [0.25, 0.3) is 0 Å². The van der Waals surface area contributed by atoms with E-state index in [2.05, 4.69) is 19.2 Å². The lowest BCUT2D eigenvalue weighted by Crippen LogP contribution is -2.07. The molecule has 0 aliphatic rings. The summed E-state index contributed by atoms with van der Waals surface area (Å²) in [7, 11) is 3.03. The molecular weight excluding hydrogens is 168 g/mol. The van der Waals surface area contributed by atoms with Crippen molar-refractivity contribution in [2.75, 3.05) is 41.4 Å². The zero-order chi connectivity index (χ0) is 9.07. The van der Waals surface area contributed by atoms with Crippen molar-refractivity contribution in [2.45, 2.75) is 0 Å². The van der Waals surface area contributed by atoms with Crippen LogP contribution >= 0.6 is 0 Å². The largest absolute Gasteiger partial charge is 0.359 e. The highest BCUT2D eigenvalue weighted by molar-refractivity contribution is 3.97. The van der Waals surface area contributed by atoms with Gasteiger partial charge in [-0.1, -0.05) is 0 Å². The SMILES string of the molecule is COCOCOOCOCOC. The molecule has 0 saturated carbocycles. The summed E-state index contributed by atoms with van der Waals surface area (Å²) < 4.78 is 18.6. The van der Waals surface area contributed by atoms with Crippen LogP contribution in [0.2, 0.25) is 0 Å². The summed E-state index contributed by atoms with van der Waals surface area (Å²) in [4.78, 5) is 9.00. The Balaban J connectivity index is 2.73. The third-order valence-electron chi connectivity index (χ3n) is 0.749. The zero-order valence-corrected chi connectivity index (χ0v) is 7.28. The van der Waals surface area contributed by atoms with Crippen LogP contribution < -0.4 is 0 Å². The van der Waals surface area contributed by atoms with Crippen molar-refractivity contribution in [3.8, 4) is 0 Å². The van der Waals surface area contributed by atoms with E-state index >= 15 is 0 Å². The zero-order valence-electron chi connectivity index (χ0n) is 7.28. The average molecular weight is 182 g/mol. The van der Waals surface area contributed by atoms with Crippen LogP contribution in [0.25, 0.3) is 0 Å². The number of hydrogen-bond acceptors (Lipinski definition) is 6. The molecule has 0 unspecified atom stereocenters. The molecule has 12 heavy (non-hydrogen) atoms. The molecule has 74 valence electrons. The molecule has 6 nitrogen and oxygen atoms in total. The predicted octanol–water partition coefficient (Wildman–Crippen LogP) is 0.0906. The minimum atomic E-state index is 0.00415. The van der Waals surface area contributed by atoms with Crippen LogP contribution in [0.15, 0.2) is 0 Å². The van der Waals surface area contributed by atoms with Crippen LogP contribution in [0.4, 0.5) is 0 Å². The Bertz CT molecular complexity index is 68.4. The van der Waals surface area contributed by atoms with Gasteiger partial charge >= 0.3 is 0 Å². The van der Waals surface area contributed by atoms with Crippen LogP contribution in [-0.2, 0) is 28.7 Å². The third-order valence-corrected chi connectivity index (χ3v) is 0.749. The van der Waals surface area contributed by atoms with E-state index < -0.39 is 0 Å². The van der Waals surface area contributed by atoms with Crippen LogP contribution in [0, 0.1) is 0 Å². The fraction of sp³-hybridized carbons (Fsp3) is 1.00. The van der Waals surface area contributed by atoms with Crippen molar-refractivity contribution in [2.24, 2.45) is 0 Å². The number of methoxy groups -OCH3 is 2. The van der Waals surface area contributed by atoms with Crippen LogP contribution in [0.5, 0.6) is 0 Å². The quantitative estimate of drug-likeness (QED) is 0.218. The summed E-state index contributed by atoms with van der Waals surface area (Å²) in [5.41, 5.74) is 0. The molecule has 0 saturated heterocycles. The van der Waals surface area contributed by atoms with Gasteiger partial charge in [0.15, 0.2) is 13.6 Å². The van der Waals surface area contributed by atoms with E-state index in [-0.39, 0.29) is 27.2 Å². The molecule has 0 heterocycles. The monoisotopic (exact) mass is 182 g/mol. The van der Waals surface area contributed by atoms with Gasteiger partial charge in [0, 0.05) is 14.2 Å². The normalized spacial score (nSPS) is 10.5. The molecule has 0 aliphatic carbocycles. The van der Waals surface area contributed by atoms with E-state index in [0.29, 0.717) is 0 Å². The second kappa shape index (κ2) is 10.8. The van der Waals surface area contributed by atoms with Crippen molar-refractivity contribution in [3.63, 3.8) is 0 Å². The second-order valence-electron chi connectivity index (χ2n) is 1.69. The maximum absolute atomic E-state index is 4.73. The van der Waals surface area contributed by atoms with Gasteiger partial charge in [0.05, 0.1) is 0 Å². The standard InChI is InChI=1S/C6H14O6/c1-7-3-9-5-11-12-6-10-4-8-2/h3-6H2,1-2H3. The van der Waals surface area contributed by atoms with Crippen molar-refractivity contribution in [1.82, 2.24) is 0 Å². The molecule has 0 rings (SSSR count). The smallest absolute Gasteiger partial charge is 0.183 e. The van der Waals surface area contributed by atoms with Gasteiger partial charge in [-0.2, -0.15) is 0 Å². The molecule has 0 amide bonds. The highest BCUT2D eigenvalue weighted by Crippen LogP contribution is 1.83. The van der Waals surface area contributed by atoms with Gasteiger partial charge in [-0.15, -0.1) is 0 Å². The molecule has 0 aromatic rings. The third kappa shape index (κ3) is 9.76. The highest BCUT2D eigenvalue weighted by Gasteiger charge is 1.88. The van der Waals surface area contributed by atoms with Crippen molar-refractivity contribution in [1.29, 1.82) is 0 Å². The van der Waals surface area contributed by atoms with Crippen molar-refractivity contribution < 1.29 is 28.7 Å². The first-order valence-corrected chi connectivity index (χ1v) is 3.29. The van der Waals surface area contributed by atoms with E-state index in [1.165, 1.54) is 14.2 Å². The van der Waals surface area contributed by atoms with Crippen LogP contribution in [0.1, 0.15) is 0 Å². The first kappa shape index (κ1) is 11.8. The van der Waals surface area contributed by atoms with E-state index in [0.717, 1.165) is 0 Å². The van der Waals surface area contributed by atoms with Gasteiger partial charge in [-0.05, 0) is 0 Å². The number of hydrogen-bond donors (Lipinski definition) is 0. The van der Waals surface area contributed by atoms with Gasteiger partial charge in [-0.3, -0.25) is 0 Å². The lowest BCUT2D eigenvalue weighted by atomic mass is 11.3. The molecule has 0 aromatic carbocycles. The van der Waals surface area contributed by atoms with Crippen molar-refractivity contribution >= 4 is 0 Å². The van der Waals surface area contributed by atoms with Crippen LogP contribution in [-0.4, -0.2) is 41.4 Å². The lowest BCUT2D eigenvalue weighted by Gasteiger charge is -2.04. The molecule has 6 heteroatoms. The minimum absolute atomic E-state index is 0.00415. The maximum Gasteiger partial charge on any atom is 0.183 e. The molecule has 0 aromatic heterocycles. The van der Waals surface area contributed by atoms with E-state index in [1.807, 2.05) is 0 Å².